The van der Waals surface area contributed by atoms with Crippen molar-refractivity contribution in [2.75, 3.05) is 5.88 Å². The molecule has 0 fully saturated rings. The minimum absolute atomic E-state index is 0.287. The van der Waals surface area contributed by atoms with Crippen LogP contribution in [0.15, 0.2) is 67.2 Å². The zero-order valence-corrected chi connectivity index (χ0v) is 12.1. The van der Waals surface area contributed by atoms with Crippen LogP contribution in [0, 0.1) is 0 Å². The molecule has 0 spiro atoms. The fourth-order valence-electron chi connectivity index (χ4n) is 1.92. The Hall–Kier alpha value is -2.39. The largest absolute Gasteiger partial charge is 0.273 e. The summed E-state index contributed by atoms with van der Waals surface area (Å²) in [7, 11) is 0. The van der Waals surface area contributed by atoms with Crippen molar-refractivity contribution in [1.29, 1.82) is 0 Å². The third-order valence-corrected chi connectivity index (χ3v) is 3.19. The molecule has 4 heteroatoms. The molecule has 0 N–H and O–H groups in total. The molecule has 2 rings (SSSR count). The third-order valence-electron chi connectivity index (χ3n) is 2.96. The van der Waals surface area contributed by atoms with Crippen molar-refractivity contribution < 1.29 is 9.59 Å². The van der Waals surface area contributed by atoms with Gasteiger partial charge in [-0.3, -0.25) is 9.59 Å². The third kappa shape index (κ3) is 3.38. The maximum absolute atomic E-state index is 12.5. The monoisotopic (exact) mass is 299 g/mol. The van der Waals surface area contributed by atoms with Crippen LogP contribution >= 0.6 is 11.6 Å². The molecule has 2 amide bonds. The van der Waals surface area contributed by atoms with Crippen molar-refractivity contribution in [2.24, 2.45) is 0 Å². The van der Waals surface area contributed by atoms with Gasteiger partial charge in [-0.25, -0.2) is 4.90 Å². The first-order valence-electron chi connectivity index (χ1n) is 6.37. The number of nitrogens with zero attached hydrogens (tertiary/aromatic N) is 1. The molecule has 0 bridgehead atoms. The lowest BCUT2D eigenvalue weighted by atomic mass is 10.1. The molecule has 0 saturated carbocycles. The minimum atomic E-state index is -0.501. The Morgan fingerprint density at radius 2 is 1.38 bits per heavy atom. The molecule has 0 saturated heterocycles. The number of imide groups is 1. The maximum Gasteiger partial charge on any atom is 0.265 e. The van der Waals surface area contributed by atoms with Crippen molar-refractivity contribution in [3.63, 3.8) is 0 Å². The Kier molecular flexibility index (Phi) is 4.90. The predicted octanol–water partition coefficient (Wildman–Crippen LogP) is 3.57. The van der Waals surface area contributed by atoms with Crippen LogP contribution in [0.4, 0.5) is 0 Å². The summed E-state index contributed by atoms with van der Waals surface area (Å²) in [5, 5.41) is 0. The van der Waals surface area contributed by atoms with Crippen molar-refractivity contribution in [2.45, 2.75) is 0 Å². The number of carbonyl (C=O) groups is 2. The lowest BCUT2D eigenvalue weighted by Gasteiger charge is -2.22. The number of rotatable bonds is 4. The Labute approximate surface area is 128 Å². The molecular weight excluding hydrogens is 286 g/mol. The highest BCUT2D eigenvalue weighted by atomic mass is 35.5. The summed E-state index contributed by atoms with van der Waals surface area (Å²) in [4.78, 5) is 25.6. The van der Waals surface area contributed by atoms with E-state index in [-0.39, 0.29) is 5.88 Å². The van der Waals surface area contributed by atoms with Gasteiger partial charge in [-0.15, -0.1) is 11.6 Å². The summed E-state index contributed by atoms with van der Waals surface area (Å²) in [6.45, 7) is 3.87. The number of amides is 2. The average molecular weight is 300 g/mol. The number of alkyl halides is 1. The van der Waals surface area contributed by atoms with Gasteiger partial charge < -0.3 is 0 Å². The van der Waals surface area contributed by atoms with Crippen LogP contribution in [0.3, 0.4) is 0 Å². The number of benzene rings is 2. The van der Waals surface area contributed by atoms with Crippen molar-refractivity contribution in [3.05, 3.63) is 78.4 Å². The Morgan fingerprint density at radius 3 is 1.86 bits per heavy atom. The molecule has 0 heterocycles. The fourth-order valence-corrected chi connectivity index (χ4v) is 2.04. The maximum atomic E-state index is 12.5. The highest BCUT2D eigenvalue weighted by molar-refractivity contribution is 6.30. The van der Waals surface area contributed by atoms with Crippen LogP contribution in [0.2, 0.25) is 0 Å². The highest BCUT2D eigenvalue weighted by Crippen LogP contribution is 2.20. The Morgan fingerprint density at radius 1 is 0.905 bits per heavy atom. The van der Waals surface area contributed by atoms with Crippen LogP contribution in [-0.2, 0) is 4.79 Å². The molecular formula is C17H14ClNO2. The summed E-state index contributed by atoms with van der Waals surface area (Å²) in [6, 6.07) is 17.6. The predicted molar refractivity (Wildman–Crippen MR) is 83.8 cm³/mol. The van der Waals surface area contributed by atoms with E-state index >= 15 is 0 Å². The first-order valence-corrected chi connectivity index (χ1v) is 6.91. The van der Waals surface area contributed by atoms with Gasteiger partial charge in [0.1, 0.15) is 5.88 Å². The van der Waals surface area contributed by atoms with Gasteiger partial charge in [-0.2, -0.15) is 0 Å². The van der Waals surface area contributed by atoms with Crippen LogP contribution in [0.25, 0.3) is 5.70 Å². The van der Waals surface area contributed by atoms with Gasteiger partial charge in [0.25, 0.3) is 5.91 Å². The molecule has 0 aromatic heterocycles. The van der Waals surface area contributed by atoms with Crippen molar-refractivity contribution >= 4 is 29.1 Å². The molecule has 0 radical (unpaired) electrons. The number of hydrogen-bond donors (Lipinski definition) is 0. The highest BCUT2D eigenvalue weighted by Gasteiger charge is 2.25. The topological polar surface area (TPSA) is 37.4 Å². The van der Waals surface area contributed by atoms with E-state index in [0.29, 0.717) is 16.8 Å². The van der Waals surface area contributed by atoms with Crippen LogP contribution in [0.1, 0.15) is 15.9 Å². The Bertz CT molecular complexity index is 602. The van der Waals surface area contributed by atoms with Crippen molar-refractivity contribution in [3.8, 4) is 0 Å². The van der Waals surface area contributed by atoms with Gasteiger partial charge in [0.15, 0.2) is 0 Å². The van der Waals surface area contributed by atoms with Gasteiger partial charge in [0.2, 0.25) is 5.91 Å². The van der Waals surface area contributed by atoms with E-state index in [4.69, 9.17) is 11.6 Å². The lowest BCUT2D eigenvalue weighted by Crippen LogP contribution is -2.36. The van der Waals surface area contributed by atoms with Gasteiger partial charge >= 0.3 is 0 Å². The molecule has 3 nitrogen and oxygen atoms in total. The molecule has 0 atom stereocenters. The van der Waals surface area contributed by atoms with E-state index in [1.807, 2.05) is 18.2 Å². The molecule has 0 aliphatic heterocycles. The van der Waals surface area contributed by atoms with Crippen LogP contribution < -0.4 is 0 Å². The van der Waals surface area contributed by atoms with E-state index in [9.17, 15) is 9.59 Å². The zero-order chi connectivity index (χ0) is 15.2. The van der Waals surface area contributed by atoms with E-state index < -0.39 is 11.8 Å². The first kappa shape index (κ1) is 15.0. The number of hydrogen-bond acceptors (Lipinski definition) is 2. The SMILES string of the molecule is C=C(c1ccccc1)N(C(=O)CCl)C(=O)c1ccccc1. The van der Waals surface area contributed by atoms with E-state index in [1.54, 1.807) is 42.5 Å². The van der Waals surface area contributed by atoms with E-state index in [0.717, 1.165) is 4.90 Å². The molecule has 106 valence electrons. The van der Waals surface area contributed by atoms with Gasteiger partial charge in [-0.05, 0) is 17.7 Å². The summed E-state index contributed by atoms with van der Waals surface area (Å²) >= 11 is 5.63. The van der Waals surface area contributed by atoms with Crippen LogP contribution in [0.5, 0.6) is 0 Å². The molecule has 21 heavy (non-hydrogen) atoms. The smallest absolute Gasteiger partial charge is 0.265 e. The zero-order valence-electron chi connectivity index (χ0n) is 11.3. The quantitative estimate of drug-likeness (QED) is 0.809. The van der Waals surface area contributed by atoms with Gasteiger partial charge in [-0.1, -0.05) is 55.1 Å². The molecule has 0 unspecified atom stereocenters. The second-order valence-corrected chi connectivity index (χ2v) is 4.61. The molecule has 2 aromatic rings. The van der Waals surface area contributed by atoms with Gasteiger partial charge in [0.05, 0.1) is 5.70 Å². The molecule has 0 aliphatic carbocycles. The first-order chi connectivity index (χ1) is 10.1. The van der Waals surface area contributed by atoms with Gasteiger partial charge in [0, 0.05) is 5.56 Å². The minimum Gasteiger partial charge on any atom is -0.273 e. The average Bonchev–Trinajstić information content (AvgIpc) is 2.56. The normalized spacial score (nSPS) is 9.95. The van der Waals surface area contributed by atoms with Crippen molar-refractivity contribution in [1.82, 2.24) is 4.90 Å². The lowest BCUT2D eigenvalue weighted by molar-refractivity contribution is -0.123. The summed E-state index contributed by atoms with van der Waals surface area (Å²) in [5.74, 6) is -1.22. The Balaban J connectivity index is 2.38. The molecule has 0 aliphatic rings. The van der Waals surface area contributed by atoms with E-state index in [2.05, 4.69) is 6.58 Å². The summed E-state index contributed by atoms with van der Waals surface area (Å²) in [6.07, 6.45) is 0. The standard InChI is InChI=1S/C17H14ClNO2/c1-13(14-8-4-2-5-9-14)19(16(20)12-18)17(21)15-10-6-3-7-11-15/h2-11H,1,12H2. The fraction of sp³-hybridized carbons (Fsp3) is 0.0588. The summed E-state index contributed by atoms with van der Waals surface area (Å²) in [5.41, 5.74) is 1.42. The number of carbonyl (C=O) groups excluding carboxylic acids is 2. The van der Waals surface area contributed by atoms with Crippen LogP contribution in [-0.4, -0.2) is 22.6 Å². The number of halogens is 1. The second-order valence-electron chi connectivity index (χ2n) is 4.35. The summed E-state index contributed by atoms with van der Waals surface area (Å²) < 4.78 is 0. The van der Waals surface area contributed by atoms with E-state index in [1.165, 1.54) is 0 Å². The second kappa shape index (κ2) is 6.86. The molecule has 2 aromatic carbocycles.